The van der Waals surface area contributed by atoms with Gasteiger partial charge in [0.2, 0.25) is 0 Å². The van der Waals surface area contributed by atoms with E-state index in [2.05, 4.69) is 4.98 Å². The quantitative estimate of drug-likeness (QED) is 0.701. The highest BCUT2D eigenvalue weighted by Crippen LogP contribution is 2.00. The highest BCUT2D eigenvalue weighted by Gasteiger charge is 1.89. The summed E-state index contributed by atoms with van der Waals surface area (Å²) in [6.07, 6.45) is 4.78. The van der Waals surface area contributed by atoms with Gasteiger partial charge in [-0.1, -0.05) is 6.08 Å². The van der Waals surface area contributed by atoms with Crippen molar-refractivity contribution in [3.63, 3.8) is 0 Å². The van der Waals surface area contributed by atoms with Gasteiger partial charge in [0.1, 0.15) is 6.07 Å². The standard InChI is InChI=1S/C9H8N2O/c10-6-8-3-4-9(11-7-8)2-1-5-12/h1-4,7,12H,5H2. The molecule has 12 heavy (non-hydrogen) atoms. The molecule has 1 aromatic rings. The van der Waals surface area contributed by atoms with Crippen LogP contribution >= 0.6 is 0 Å². The summed E-state index contributed by atoms with van der Waals surface area (Å²) in [4.78, 5) is 3.97. The SMILES string of the molecule is N#Cc1ccc(C=CCO)nc1. The first kappa shape index (κ1) is 8.44. The van der Waals surface area contributed by atoms with E-state index in [1.54, 1.807) is 24.3 Å². The summed E-state index contributed by atoms with van der Waals surface area (Å²) in [5, 5.41) is 16.9. The molecule has 1 aromatic heterocycles. The van der Waals surface area contributed by atoms with Gasteiger partial charge < -0.3 is 5.11 Å². The van der Waals surface area contributed by atoms with E-state index in [0.717, 1.165) is 5.69 Å². The largest absolute Gasteiger partial charge is 0.392 e. The summed E-state index contributed by atoms with van der Waals surface area (Å²) < 4.78 is 0. The third-order valence-electron chi connectivity index (χ3n) is 1.31. The van der Waals surface area contributed by atoms with Gasteiger partial charge in [0.05, 0.1) is 17.9 Å². The summed E-state index contributed by atoms with van der Waals surface area (Å²) in [5.41, 5.74) is 1.28. The number of hydrogen-bond acceptors (Lipinski definition) is 3. The molecule has 1 rings (SSSR count). The number of pyridine rings is 1. The second kappa shape index (κ2) is 4.27. The fourth-order valence-electron chi connectivity index (χ4n) is 0.743. The predicted octanol–water partition coefficient (Wildman–Crippen LogP) is 0.959. The van der Waals surface area contributed by atoms with Crippen molar-refractivity contribution >= 4 is 6.08 Å². The Morgan fingerprint density at radius 3 is 2.92 bits per heavy atom. The lowest BCUT2D eigenvalue weighted by Gasteiger charge is -1.90. The molecule has 0 radical (unpaired) electrons. The van der Waals surface area contributed by atoms with E-state index in [1.165, 1.54) is 6.20 Å². The van der Waals surface area contributed by atoms with Gasteiger partial charge in [0.25, 0.3) is 0 Å². The van der Waals surface area contributed by atoms with Gasteiger partial charge in [-0.15, -0.1) is 0 Å². The van der Waals surface area contributed by atoms with Crippen molar-refractivity contribution in [2.75, 3.05) is 6.61 Å². The monoisotopic (exact) mass is 160 g/mol. The van der Waals surface area contributed by atoms with E-state index in [-0.39, 0.29) is 6.61 Å². The van der Waals surface area contributed by atoms with Crippen LogP contribution in [0.5, 0.6) is 0 Å². The van der Waals surface area contributed by atoms with E-state index >= 15 is 0 Å². The van der Waals surface area contributed by atoms with Crippen molar-refractivity contribution in [1.29, 1.82) is 5.26 Å². The highest BCUT2D eigenvalue weighted by atomic mass is 16.2. The van der Waals surface area contributed by atoms with Crippen LogP contribution in [0.25, 0.3) is 6.08 Å². The molecule has 3 nitrogen and oxygen atoms in total. The Morgan fingerprint density at radius 2 is 2.42 bits per heavy atom. The molecule has 0 aromatic carbocycles. The van der Waals surface area contributed by atoms with Crippen molar-refractivity contribution in [3.8, 4) is 6.07 Å². The Bertz CT molecular complexity index is 308. The first-order chi connectivity index (χ1) is 5.86. The Balaban J connectivity index is 2.80. The lowest BCUT2D eigenvalue weighted by Crippen LogP contribution is -1.82. The average molecular weight is 160 g/mol. The maximum atomic E-state index is 8.46. The van der Waals surface area contributed by atoms with Gasteiger partial charge in [-0.05, 0) is 18.2 Å². The van der Waals surface area contributed by atoms with E-state index in [1.807, 2.05) is 6.07 Å². The lowest BCUT2D eigenvalue weighted by molar-refractivity contribution is 0.343. The third-order valence-corrected chi connectivity index (χ3v) is 1.31. The molecule has 60 valence electrons. The molecule has 0 aliphatic heterocycles. The molecular weight excluding hydrogens is 152 g/mol. The Morgan fingerprint density at radius 1 is 1.58 bits per heavy atom. The molecule has 0 spiro atoms. The van der Waals surface area contributed by atoms with Crippen LogP contribution in [0.15, 0.2) is 24.4 Å². The van der Waals surface area contributed by atoms with Crippen LogP contribution in [0.4, 0.5) is 0 Å². The second-order valence-electron chi connectivity index (χ2n) is 2.17. The predicted molar refractivity (Wildman–Crippen MR) is 45.1 cm³/mol. The molecular formula is C9H8N2O. The molecule has 3 heteroatoms. The summed E-state index contributed by atoms with van der Waals surface area (Å²) in [7, 11) is 0. The van der Waals surface area contributed by atoms with E-state index < -0.39 is 0 Å². The first-order valence-electron chi connectivity index (χ1n) is 3.50. The smallest absolute Gasteiger partial charge is 0.101 e. The Kier molecular flexibility index (Phi) is 3.00. The van der Waals surface area contributed by atoms with Crippen molar-refractivity contribution in [2.24, 2.45) is 0 Å². The van der Waals surface area contributed by atoms with E-state index in [4.69, 9.17) is 10.4 Å². The molecule has 0 saturated carbocycles. The fourth-order valence-corrected chi connectivity index (χ4v) is 0.743. The molecule has 0 aliphatic carbocycles. The van der Waals surface area contributed by atoms with Gasteiger partial charge in [0, 0.05) is 6.20 Å². The van der Waals surface area contributed by atoms with Crippen LogP contribution < -0.4 is 0 Å². The summed E-state index contributed by atoms with van der Waals surface area (Å²) in [6, 6.07) is 5.39. The zero-order valence-corrected chi connectivity index (χ0v) is 6.44. The van der Waals surface area contributed by atoms with Gasteiger partial charge in [-0.25, -0.2) is 0 Å². The highest BCUT2D eigenvalue weighted by molar-refractivity contribution is 5.45. The zero-order chi connectivity index (χ0) is 8.81. The molecule has 0 aliphatic rings. The minimum absolute atomic E-state index is 0.00167. The molecule has 1 heterocycles. The molecule has 0 bridgehead atoms. The van der Waals surface area contributed by atoms with Crippen molar-refractivity contribution in [1.82, 2.24) is 4.98 Å². The molecule has 0 amide bonds. The summed E-state index contributed by atoms with van der Waals surface area (Å²) in [5.74, 6) is 0. The van der Waals surface area contributed by atoms with Crippen LogP contribution in [0.1, 0.15) is 11.3 Å². The van der Waals surface area contributed by atoms with Crippen molar-refractivity contribution in [3.05, 3.63) is 35.7 Å². The van der Waals surface area contributed by atoms with Crippen LogP contribution in [-0.2, 0) is 0 Å². The number of aliphatic hydroxyl groups is 1. The second-order valence-corrected chi connectivity index (χ2v) is 2.17. The third kappa shape index (κ3) is 2.19. The average Bonchev–Trinajstić information content (AvgIpc) is 2.15. The first-order valence-corrected chi connectivity index (χ1v) is 3.50. The minimum Gasteiger partial charge on any atom is -0.392 e. The van der Waals surface area contributed by atoms with Crippen LogP contribution in [0.2, 0.25) is 0 Å². The minimum atomic E-state index is 0.00167. The van der Waals surface area contributed by atoms with Crippen LogP contribution in [0.3, 0.4) is 0 Å². The number of hydrogen-bond donors (Lipinski definition) is 1. The van der Waals surface area contributed by atoms with Gasteiger partial charge >= 0.3 is 0 Å². The van der Waals surface area contributed by atoms with Gasteiger partial charge in [0.15, 0.2) is 0 Å². The van der Waals surface area contributed by atoms with Crippen molar-refractivity contribution < 1.29 is 5.11 Å². The Labute approximate surface area is 70.6 Å². The molecule has 1 N–H and O–H groups in total. The Hall–Kier alpha value is -1.66. The summed E-state index contributed by atoms with van der Waals surface area (Å²) >= 11 is 0. The topological polar surface area (TPSA) is 56.9 Å². The van der Waals surface area contributed by atoms with Gasteiger partial charge in [-0.3, -0.25) is 4.98 Å². The normalized spacial score (nSPS) is 10.0. The maximum Gasteiger partial charge on any atom is 0.101 e. The van der Waals surface area contributed by atoms with Gasteiger partial charge in [-0.2, -0.15) is 5.26 Å². The maximum absolute atomic E-state index is 8.46. The number of nitriles is 1. The molecule has 0 unspecified atom stereocenters. The number of rotatable bonds is 2. The van der Waals surface area contributed by atoms with Crippen LogP contribution in [-0.4, -0.2) is 16.7 Å². The number of nitrogens with zero attached hydrogens (tertiary/aromatic N) is 2. The summed E-state index contributed by atoms with van der Waals surface area (Å²) in [6.45, 7) is 0.00167. The molecule has 0 saturated heterocycles. The van der Waals surface area contributed by atoms with E-state index in [0.29, 0.717) is 5.56 Å². The van der Waals surface area contributed by atoms with Crippen molar-refractivity contribution in [2.45, 2.75) is 0 Å². The number of aromatic nitrogens is 1. The molecule has 0 atom stereocenters. The van der Waals surface area contributed by atoms with E-state index in [9.17, 15) is 0 Å². The fraction of sp³-hybridized carbons (Fsp3) is 0.111. The molecule has 0 fully saturated rings. The van der Waals surface area contributed by atoms with Crippen LogP contribution in [0, 0.1) is 11.3 Å². The zero-order valence-electron chi connectivity index (χ0n) is 6.44. The number of aliphatic hydroxyl groups excluding tert-OH is 1. The lowest BCUT2D eigenvalue weighted by atomic mass is 10.2.